The molecule has 24 heavy (non-hydrogen) atoms. The van der Waals surface area contributed by atoms with E-state index < -0.39 is 0 Å². The molecule has 0 radical (unpaired) electrons. The molecule has 2 amide bonds. The van der Waals surface area contributed by atoms with Crippen LogP contribution in [-0.4, -0.2) is 67.1 Å². The van der Waals surface area contributed by atoms with Crippen LogP contribution in [0.1, 0.15) is 31.9 Å². The van der Waals surface area contributed by atoms with Gasteiger partial charge in [0.1, 0.15) is 0 Å². The van der Waals surface area contributed by atoms with E-state index in [2.05, 4.69) is 52.4 Å². The van der Waals surface area contributed by atoms with Gasteiger partial charge in [0.15, 0.2) is 0 Å². The van der Waals surface area contributed by atoms with Crippen LogP contribution in [0.3, 0.4) is 0 Å². The third-order valence-electron chi connectivity index (χ3n) is 4.93. The number of hydrogen-bond donors (Lipinski definition) is 2. The average molecular weight is 333 g/mol. The van der Waals surface area contributed by atoms with E-state index in [1.807, 2.05) is 12.3 Å². The molecule has 0 saturated carbocycles. The van der Waals surface area contributed by atoms with Crippen molar-refractivity contribution in [1.29, 1.82) is 0 Å². The molecule has 134 valence electrons. The van der Waals surface area contributed by atoms with Crippen LogP contribution in [0.25, 0.3) is 0 Å². The molecule has 1 aliphatic heterocycles. The van der Waals surface area contributed by atoms with Crippen LogP contribution in [0, 0.1) is 5.92 Å². The van der Waals surface area contributed by atoms with Gasteiger partial charge in [0.05, 0.1) is 0 Å². The number of aromatic nitrogens is 1. The summed E-state index contributed by atoms with van der Waals surface area (Å²) in [5.41, 5.74) is 1.23. The first-order chi connectivity index (χ1) is 11.7. The lowest BCUT2D eigenvalue weighted by Gasteiger charge is -2.25. The van der Waals surface area contributed by atoms with E-state index in [9.17, 15) is 4.79 Å². The lowest BCUT2D eigenvalue weighted by Crippen LogP contribution is -2.42. The zero-order valence-electron chi connectivity index (χ0n) is 15.2. The lowest BCUT2D eigenvalue weighted by atomic mass is 9.95. The third kappa shape index (κ3) is 5.18. The van der Waals surface area contributed by atoms with Gasteiger partial charge in [0, 0.05) is 38.1 Å². The predicted molar refractivity (Wildman–Crippen MR) is 96.9 cm³/mol. The van der Waals surface area contributed by atoms with E-state index in [0.717, 1.165) is 32.6 Å². The second-order valence-electron chi connectivity index (χ2n) is 6.42. The monoisotopic (exact) mass is 333 g/mol. The average Bonchev–Trinajstić information content (AvgIpc) is 2.98. The molecule has 6 nitrogen and oxygen atoms in total. The Bertz CT molecular complexity index is 491. The molecule has 2 rings (SSSR count). The summed E-state index contributed by atoms with van der Waals surface area (Å²) in [5, 5.41) is 5.99. The van der Waals surface area contributed by atoms with E-state index in [4.69, 9.17) is 0 Å². The number of nitrogens with zero attached hydrogens (tertiary/aromatic N) is 3. The number of nitrogens with one attached hydrogen (secondary N) is 2. The molecule has 1 aromatic heterocycles. The summed E-state index contributed by atoms with van der Waals surface area (Å²) in [6, 6.07) is 4.36. The molecule has 2 N–H and O–H groups in total. The van der Waals surface area contributed by atoms with Gasteiger partial charge in [-0.05, 0) is 50.7 Å². The van der Waals surface area contributed by atoms with Crippen LogP contribution < -0.4 is 10.6 Å². The zero-order valence-corrected chi connectivity index (χ0v) is 15.2. The third-order valence-corrected chi connectivity index (χ3v) is 4.93. The summed E-state index contributed by atoms with van der Waals surface area (Å²) in [4.78, 5) is 20.9. The standard InChI is InChI=1S/C18H31N5O/c1-4-23(5-2)12-10-20-18(24)21-14-16-8-11-22(3)17(16)15-7-6-9-19-13-15/h6-7,9,13,16-17H,4-5,8,10-12,14H2,1-3H3,(H2,20,21,24)/t16-,17-/m0/s1. The van der Waals surface area contributed by atoms with E-state index in [1.165, 1.54) is 5.56 Å². The Kier molecular flexibility index (Phi) is 7.46. The summed E-state index contributed by atoms with van der Waals surface area (Å²) < 4.78 is 0. The van der Waals surface area contributed by atoms with Gasteiger partial charge in [-0.1, -0.05) is 19.9 Å². The Balaban J connectivity index is 1.77. The molecule has 6 heteroatoms. The number of amides is 2. The zero-order chi connectivity index (χ0) is 17.4. The van der Waals surface area contributed by atoms with Crippen molar-refractivity contribution in [2.75, 3.05) is 46.3 Å². The fourth-order valence-electron chi connectivity index (χ4n) is 3.47. The van der Waals surface area contributed by atoms with E-state index in [0.29, 0.717) is 25.0 Å². The summed E-state index contributed by atoms with van der Waals surface area (Å²) in [6.45, 7) is 9.63. The molecule has 1 saturated heterocycles. The molecule has 0 bridgehead atoms. The van der Waals surface area contributed by atoms with Crippen molar-refractivity contribution in [1.82, 2.24) is 25.4 Å². The van der Waals surface area contributed by atoms with Crippen molar-refractivity contribution in [3.63, 3.8) is 0 Å². The lowest BCUT2D eigenvalue weighted by molar-refractivity contribution is 0.230. The van der Waals surface area contributed by atoms with Crippen molar-refractivity contribution in [2.24, 2.45) is 5.92 Å². The Morgan fingerprint density at radius 1 is 1.38 bits per heavy atom. The Morgan fingerprint density at radius 3 is 2.83 bits per heavy atom. The molecule has 0 spiro atoms. The molecule has 0 aromatic carbocycles. The quantitative estimate of drug-likeness (QED) is 0.760. The maximum atomic E-state index is 12.0. The highest BCUT2D eigenvalue weighted by molar-refractivity contribution is 5.73. The number of hydrogen-bond acceptors (Lipinski definition) is 4. The van der Waals surface area contributed by atoms with Crippen molar-refractivity contribution >= 4 is 6.03 Å². The first kappa shape index (κ1) is 18.7. The normalized spacial score (nSPS) is 21.2. The summed E-state index contributed by atoms with van der Waals surface area (Å²) in [7, 11) is 2.14. The number of rotatable bonds is 8. The van der Waals surface area contributed by atoms with Crippen LogP contribution in [-0.2, 0) is 0 Å². The molecular weight excluding hydrogens is 302 g/mol. The Hall–Kier alpha value is -1.66. The van der Waals surface area contributed by atoms with Crippen LogP contribution in [0.2, 0.25) is 0 Å². The number of likely N-dealkylation sites (N-methyl/N-ethyl adjacent to an activating group) is 1. The van der Waals surface area contributed by atoms with Crippen LogP contribution in [0.5, 0.6) is 0 Å². The molecule has 1 aliphatic rings. The van der Waals surface area contributed by atoms with Crippen LogP contribution in [0.15, 0.2) is 24.5 Å². The Labute approximate surface area is 145 Å². The number of likely N-dealkylation sites (tertiary alicyclic amines) is 1. The highest BCUT2D eigenvalue weighted by Gasteiger charge is 2.33. The van der Waals surface area contributed by atoms with E-state index in [1.54, 1.807) is 6.20 Å². The van der Waals surface area contributed by atoms with E-state index in [-0.39, 0.29) is 6.03 Å². The molecule has 1 fully saturated rings. The fourth-order valence-corrected chi connectivity index (χ4v) is 3.47. The second kappa shape index (κ2) is 9.59. The SMILES string of the molecule is CCN(CC)CCNC(=O)NC[C@@H]1CCN(C)[C@H]1c1cccnc1. The van der Waals surface area contributed by atoms with Crippen molar-refractivity contribution in [3.8, 4) is 0 Å². The van der Waals surface area contributed by atoms with Gasteiger partial charge in [0.2, 0.25) is 0 Å². The molecule has 2 heterocycles. The summed E-state index contributed by atoms with van der Waals surface area (Å²) >= 11 is 0. The largest absolute Gasteiger partial charge is 0.338 e. The van der Waals surface area contributed by atoms with Crippen molar-refractivity contribution < 1.29 is 4.79 Å². The molecule has 1 aromatic rings. The molecule has 0 aliphatic carbocycles. The van der Waals surface area contributed by atoms with E-state index >= 15 is 0 Å². The van der Waals surface area contributed by atoms with Gasteiger partial charge in [0.25, 0.3) is 0 Å². The number of pyridine rings is 1. The number of carbonyl (C=O) groups is 1. The van der Waals surface area contributed by atoms with Gasteiger partial charge in [-0.15, -0.1) is 0 Å². The summed E-state index contributed by atoms with van der Waals surface area (Å²) in [6.07, 6.45) is 4.83. The first-order valence-electron chi connectivity index (χ1n) is 8.99. The molecule has 2 atom stereocenters. The van der Waals surface area contributed by atoms with Crippen molar-refractivity contribution in [3.05, 3.63) is 30.1 Å². The van der Waals surface area contributed by atoms with Gasteiger partial charge in [-0.2, -0.15) is 0 Å². The highest BCUT2D eigenvalue weighted by Crippen LogP contribution is 2.35. The van der Waals surface area contributed by atoms with Crippen LogP contribution >= 0.6 is 0 Å². The highest BCUT2D eigenvalue weighted by atomic mass is 16.2. The molecule has 0 unspecified atom stereocenters. The minimum atomic E-state index is -0.0679. The predicted octanol–water partition coefficient (Wildman–Crippen LogP) is 1.72. The fraction of sp³-hybridized carbons (Fsp3) is 0.667. The number of carbonyl (C=O) groups excluding carboxylic acids is 1. The van der Waals surface area contributed by atoms with Gasteiger partial charge < -0.3 is 15.5 Å². The maximum absolute atomic E-state index is 12.0. The topological polar surface area (TPSA) is 60.5 Å². The van der Waals surface area contributed by atoms with Gasteiger partial charge in [-0.25, -0.2) is 4.79 Å². The van der Waals surface area contributed by atoms with Gasteiger partial charge >= 0.3 is 6.03 Å². The van der Waals surface area contributed by atoms with Crippen LogP contribution in [0.4, 0.5) is 4.79 Å². The first-order valence-corrected chi connectivity index (χ1v) is 8.99. The van der Waals surface area contributed by atoms with Gasteiger partial charge in [-0.3, -0.25) is 9.88 Å². The summed E-state index contributed by atoms with van der Waals surface area (Å²) in [5.74, 6) is 0.424. The second-order valence-corrected chi connectivity index (χ2v) is 6.42. The Morgan fingerprint density at radius 2 is 2.17 bits per heavy atom. The molecular formula is C18H31N5O. The number of urea groups is 1. The minimum absolute atomic E-state index is 0.0679. The maximum Gasteiger partial charge on any atom is 0.314 e. The van der Waals surface area contributed by atoms with Crippen molar-refractivity contribution in [2.45, 2.75) is 26.3 Å². The minimum Gasteiger partial charge on any atom is -0.338 e. The smallest absolute Gasteiger partial charge is 0.314 e.